The topological polar surface area (TPSA) is 86.8 Å². The lowest BCUT2D eigenvalue weighted by Gasteiger charge is -2.33. The minimum absolute atomic E-state index is 0.0229. The minimum Gasteiger partial charge on any atom is -0.352 e. The SMILES string of the molecule is C[C@@H](C(=O)NC1CCCCC1)N(Cc1ccc(F)cc1)C(=O)CN(c1cccc(Cl)c1)S(=O)(=O)c1ccc(Cl)cc1. The fourth-order valence-electron chi connectivity index (χ4n) is 4.83. The van der Waals surface area contributed by atoms with Gasteiger partial charge in [0, 0.05) is 22.6 Å². The molecule has 1 atom stereocenters. The van der Waals surface area contributed by atoms with Crippen molar-refractivity contribution in [2.75, 3.05) is 10.8 Å². The highest BCUT2D eigenvalue weighted by Crippen LogP contribution is 2.28. The van der Waals surface area contributed by atoms with Gasteiger partial charge >= 0.3 is 0 Å². The Hall–Kier alpha value is -3.14. The molecule has 4 rings (SSSR count). The maximum atomic E-state index is 14.0. The molecule has 2 amide bonds. The number of benzene rings is 3. The molecule has 1 N–H and O–H groups in total. The van der Waals surface area contributed by atoms with E-state index in [4.69, 9.17) is 23.2 Å². The van der Waals surface area contributed by atoms with Crippen molar-refractivity contribution >= 4 is 50.7 Å². The third-order valence-corrected chi connectivity index (χ3v) is 9.44. The highest BCUT2D eigenvalue weighted by atomic mass is 35.5. The van der Waals surface area contributed by atoms with Crippen LogP contribution in [-0.4, -0.2) is 43.8 Å². The van der Waals surface area contributed by atoms with Crippen LogP contribution < -0.4 is 9.62 Å². The number of carbonyl (C=O) groups is 2. The van der Waals surface area contributed by atoms with Gasteiger partial charge < -0.3 is 10.2 Å². The number of hydrogen-bond donors (Lipinski definition) is 1. The number of anilines is 1. The Kier molecular flexibility index (Phi) is 10.3. The fourth-order valence-corrected chi connectivity index (χ4v) is 6.55. The van der Waals surface area contributed by atoms with E-state index in [9.17, 15) is 22.4 Å². The molecule has 0 unspecified atom stereocenters. The number of rotatable bonds is 10. The van der Waals surface area contributed by atoms with Crippen LogP contribution in [0.1, 0.15) is 44.6 Å². The number of halogens is 3. The lowest BCUT2D eigenvalue weighted by atomic mass is 9.95. The van der Waals surface area contributed by atoms with Gasteiger partial charge in [-0.3, -0.25) is 13.9 Å². The molecule has 0 bridgehead atoms. The van der Waals surface area contributed by atoms with Crippen LogP contribution in [0.2, 0.25) is 10.0 Å². The summed E-state index contributed by atoms with van der Waals surface area (Å²) >= 11 is 12.2. The van der Waals surface area contributed by atoms with Crippen LogP contribution in [0, 0.1) is 5.82 Å². The van der Waals surface area contributed by atoms with Crippen LogP contribution in [0.15, 0.2) is 77.7 Å². The standard InChI is InChI=1S/C30H32Cl2FN3O4S/c1-21(30(38)34-26-7-3-2-4-8-26)35(19-22-10-14-25(33)15-11-22)29(37)20-36(27-9-5-6-24(32)18-27)41(39,40)28-16-12-23(31)13-17-28/h5-6,9-18,21,26H,2-4,7-8,19-20H2,1H3,(H,34,38)/t21-/m0/s1. The maximum absolute atomic E-state index is 14.0. The van der Waals surface area contributed by atoms with Gasteiger partial charge in [0.15, 0.2) is 0 Å². The van der Waals surface area contributed by atoms with Gasteiger partial charge in [-0.25, -0.2) is 12.8 Å². The van der Waals surface area contributed by atoms with Crippen LogP contribution in [0.3, 0.4) is 0 Å². The van der Waals surface area contributed by atoms with Crippen molar-refractivity contribution < 1.29 is 22.4 Å². The average molecular weight is 621 g/mol. The molecule has 1 aliphatic rings. The Morgan fingerprint density at radius 3 is 2.24 bits per heavy atom. The zero-order valence-corrected chi connectivity index (χ0v) is 24.9. The zero-order valence-electron chi connectivity index (χ0n) is 22.6. The first-order chi connectivity index (χ1) is 19.5. The lowest BCUT2D eigenvalue weighted by molar-refractivity contribution is -0.139. The van der Waals surface area contributed by atoms with Gasteiger partial charge in [-0.2, -0.15) is 0 Å². The highest BCUT2D eigenvalue weighted by molar-refractivity contribution is 7.92. The van der Waals surface area contributed by atoms with Gasteiger partial charge in [-0.05, 0) is 79.9 Å². The molecule has 0 aromatic heterocycles. The fraction of sp³-hybridized carbons (Fsp3) is 0.333. The van der Waals surface area contributed by atoms with E-state index < -0.39 is 34.3 Å². The number of hydrogen-bond acceptors (Lipinski definition) is 4. The number of nitrogens with zero attached hydrogens (tertiary/aromatic N) is 2. The molecule has 1 aliphatic carbocycles. The lowest BCUT2D eigenvalue weighted by Crippen LogP contribution is -2.53. The number of carbonyl (C=O) groups excluding carboxylic acids is 2. The average Bonchev–Trinajstić information content (AvgIpc) is 2.95. The van der Waals surface area contributed by atoms with Crippen LogP contribution >= 0.6 is 23.2 Å². The maximum Gasteiger partial charge on any atom is 0.264 e. The van der Waals surface area contributed by atoms with E-state index in [0.717, 1.165) is 36.4 Å². The van der Waals surface area contributed by atoms with Crippen molar-refractivity contribution in [2.24, 2.45) is 0 Å². The molecule has 1 fully saturated rings. The van der Waals surface area contributed by atoms with Crippen molar-refractivity contribution in [1.29, 1.82) is 0 Å². The molecule has 218 valence electrons. The summed E-state index contributed by atoms with van der Waals surface area (Å²) in [5.74, 6) is -1.38. The van der Waals surface area contributed by atoms with Crippen LogP contribution in [0.25, 0.3) is 0 Å². The molecule has 7 nitrogen and oxygen atoms in total. The van der Waals surface area contributed by atoms with Crippen LogP contribution in [-0.2, 0) is 26.2 Å². The third kappa shape index (κ3) is 7.99. The summed E-state index contributed by atoms with van der Waals surface area (Å²) in [6.45, 7) is 0.979. The van der Waals surface area contributed by atoms with Gasteiger partial charge in [0.1, 0.15) is 18.4 Å². The number of sulfonamides is 1. The summed E-state index contributed by atoms with van der Waals surface area (Å²) in [6, 6.07) is 16.5. The predicted molar refractivity (Wildman–Crippen MR) is 159 cm³/mol. The van der Waals surface area contributed by atoms with Crippen molar-refractivity contribution in [2.45, 2.75) is 62.6 Å². The number of amides is 2. The molecule has 1 saturated carbocycles. The van der Waals surface area contributed by atoms with E-state index in [1.807, 2.05) is 0 Å². The molecule has 3 aromatic carbocycles. The van der Waals surface area contributed by atoms with Gasteiger partial charge in [0.25, 0.3) is 10.0 Å². The Bertz CT molecular complexity index is 1460. The van der Waals surface area contributed by atoms with E-state index in [2.05, 4.69) is 5.32 Å². The van der Waals surface area contributed by atoms with Crippen molar-refractivity contribution in [3.05, 3.63) is 94.2 Å². The molecule has 0 aliphatic heterocycles. The Balaban J connectivity index is 1.67. The summed E-state index contributed by atoms with van der Waals surface area (Å²) in [5.41, 5.74) is 0.772. The monoisotopic (exact) mass is 619 g/mol. The van der Waals surface area contributed by atoms with Crippen molar-refractivity contribution in [3.63, 3.8) is 0 Å². The molecule has 0 radical (unpaired) electrons. The predicted octanol–water partition coefficient (Wildman–Crippen LogP) is 6.19. The quantitative estimate of drug-likeness (QED) is 0.293. The third-order valence-electron chi connectivity index (χ3n) is 7.16. The Morgan fingerprint density at radius 2 is 1.61 bits per heavy atom. The number of nitrogens with one attached hydrogen (secondary N) is 1. The first-order valence-electron chi connectivity index (χ1n) is 13.4. The molecule has 0 spiro atoms. The van der Waals surface area contributed by atoms with Crippen LogP contribution in [0.5, 0.6) is 0 Å². The largest absolute Gasteiger partial charge is 0.352 e. The van der Waals surface area contributed by atoms with E-state index in [1.54, 1.807) is 19.1 Å². The first-order valence-corrected chi connectivity index (χ1v) is 15.6. The molecule has 3 aromatic rings. The normalized spacial score (nSPS) is 14.7. The second kappa shape index (κ2) is 13.7. The van der Waals surface area contributed by atoms with Crippen molar-refractivity contribution in [1.82, 2.24) is 10.2 Å². The smallest absolute Gasteiger partial charge is 0.264 e. The molecule has 0 saturated heterocycles. The molecular formula is C30H32Cl2FN3O4S. The minimum atomic E-state index is -4.24. The van der Waals surface area contributed by atoms with Gasteiger partial charge in [-0.1, -0.05) is 60.7 Å². The summed E-state index contributed by atoms with van der Waals surface area (Å²) in [6.07, 6.45) is 4.90. The summed E-state index contributed by atoms with van der Waals surface area (Å²) < 4.78 is 42.2. The highest BCUT2D eigenvalue weighted by Gasteiger charge is 2.33. The van der Waals surface area contributed by atoms with E-state index >= 15 is 0 Å². The van der Waals surface area contributed by atoms with Gasteiger partial charge in [-0.15, -0.1) is 0 Å². The molecule has 41 heavy (non-hydrogen) atoms. The van der Waals surface area contributed by atoms with E-state index in [1.165, 1.54) is 65.6 Å². The van der Waals surface area contributed by atoms with Crippen LogP contribution in [0.4, 0.5) is 10.1 Å². The molecule has 0 heterocycles. The van der Waals surface area contributed by atoms with Gasteiger partial charge in [0.05, 0.1) is 10.6 Å². The summed E-state index contributed by atoms with van der Waals surface area (Å²) in [7, 11) is -4.24. The first kappa shape index (κ1) is 30.8. The van der Waals surface area contributed by atoms with E-state index in [-0.39, 0.29) is 34.1 Å². The van der Waals surface area contributed by atoms with Gasteiger partial charge in [0.2, 0.25) is 11.8 Å². The summed E-state index contributed by atoms with van der Waals surface area (Å²) in [4.78, 5) is 28.5. The van der Waals surface area contributed by atoms with Crippen molar-refractivity contribution in [3.8, 4) is 0 Å². The Morgan fingerprint density at radius 1 is 0.951 bits per heavy atom. The Labute approximate surface area is 250 Å². The molecular weight excluding hydrogens is 588 g/mol. The van der Waals surface area contributed by atoms with E-state index in [0.29, 0.717) is 10.6 Å². The second-order valence-electron chi connectivity index (χ2n) is 10.1. The summed E-state index contributed by atoms with van der Waals surface area (Å²) in [5, 5.41) is 3.69. The molecule has 11 heteroatoms. The zero-order chi connectivity index (χ0) is 29.6. The second-order valence-corrected chi connectivity index (χ2v) is 12.8.